The summed E-state index contributed by atoms with van der Waals surface area (Å²) in [6.07, 6.45) is 5.27. The zero-order valence-electron chi connectivity index (χ0n) is 14.0. The third-order valence-electron chi connectivity index (χ3n) is 3.56. The van der Waals surface area contributed by atoms with Crippen LogP contribution in [-0.2, 0) is 16.0 Å². The van der Waals surface area contributed by atoms with Gasteiger partial charge in [0.2, 0.25) is 0 Å². The zero-order chi connectivity index (χ0) is 17.4. The van der Waals surface area contributed by atoms with Crippen LogP contribution in [-0.4, -0.2) is 18.1 Å². The monoisotopic (exact) mass is 342 g/mol. The van der Waals surface area contributed by atoms with E-state index >= 15 is 0 Å². The zero-order valence-corrected chi connectivity index (χ0v) is 14.8. The largest absolute Gasteiger partial charge is 0.318 e. The van der Waals surface area contributed by atoms with Gasteiger partial charge in [-0.2, -0.15) is 0 Å². The van der Waals surface area contributed by atoms with Gasteiger partial charge in [-0.25, -0.2) is 0 Å². The molecule has 0 unspecified atom stereocenters. The van der Waals surface area contributed by atoms with Crippen molar-refractivity contribution < 1.29 is 9.59 Å². The minimum Gasteiger partial charge on any atom is -0.318 e. The molecule has 0 saturated heterocycles. The molecule has 0 aliphatic carbocycles. The molecule has 5 heteroatoms. The van der Waals surface area contributed by atoms with Crippen molar-refractivity contribution in [1.82, 2.24) is 0 Å². The average Bonchev–Trinajstić information content (AvgIpc) is 2.61. The molecule has 0 saturated carbocycles. The molecule has 0 spiro atoms. The molecule has 0 bridgehead atoms. The molecule has 0 aliphatic heterocycles. The van der Waals surface area contributed by atoms with Crippen molar-refractivity contribution in [1.29, 1.82) is 0 Å². The molecule has 0 radical (unpaired) electrons. The second kappa shape index (κ2) is 9.13. The van der Waals surface area contributed by atoms with Crippen molar-refractivity contribution >= 4 is 35.0 Å². The molecule has 0 aliphatic rings. The first-order chi connectivity index (χ1) is 11.6. The first-order valence-electron chi connectivity index (χ1n) is 7.97. The van der Waals surface area contributed by atoms with Gasteiger partial charge in [0.25, 0.3) is 0 Å². The van der Waals surface area contributed by atoms with Gasteiger partial charge >= 0.3 is 11.8 Å². The fourth-order valence-corrected chi connectivity index (χ4v) is 2.67. The molecular formula is C19H22N2O2S. The maximum Gasteiger partial charge on any atom is 0.314 e. The summed E-state index contributed by atoms with van der Waals surface area (Å²) in [4.78, 5) is 25.0. The van der Waals surface area contributed by atoms with E-state index in [2.05, 4.69) is 17.6 Å². The Morgan fingerprint density at radius 3 is 2.25 bits per heavy atom. The van der Waals surface area contributed by atoms with Crippen LogP contribution in [0.1, 0.15) is 25.3 Å². The van der Waals surface area contributed by atoms with Crippen molar-refractivity contribution in [3.8, 4) is 0 Å². The molecular weight excluding hydrogens is 320 g/mol. The Bertz CT molecular complexity index is 699. The second-order valence-electron chi connectivity index (χ2n) is 5.44. The van der Waals surface area contributed by atoms with Crippen molar-refractivity contribution in [2.24, 2.45) is 0 Å². The van der Waals surface area contributed by atoms with Gasteiger partial charge in [0.15, 0.2) is 0 Å². The number of benzene rings is 2. The number of hydrogen-bond acceptors (Lipinski definition) is 3. The molecule has 4 nitrogen and oxygen atoms in total. The maximum atomic E-state index is 12.0. The summed E-state index contributed by atoms with van der Waals surface area (Å²) in [6.45, 7) is 2.15. The van der Waals surface area contributed by atoms with Crippen LogP contribution in [0.5, 0.6) is 0 Å². The van der Waals surface area contributed by atoms with Gasteiger partial charge in [0.1, 0.15) is 0 Å². The van der Waals surface area contributed by atoms with E-state index in [0.717, 1.165) is 24.2 Å². The summed E-state index contributed by atoms with van der Waals surface area (Å²) in [5, 5.41) is 5.23. The minimum absolute atomic E-state index is 0.608. The molecule has 2 amide bonds. The van der Waals surface area contributed by atoms with E-state index in [9.17, 15) is 9.59 Å². The van der Waals surface area contributed by atoms with Gasteiger partial charge < -0.3 is 10.6 Å². The number of unbranched alkanes of at least 4 members (excludes halogenated alkanes) is 1. The summed E-state index contributed by atoms with van der Waals surface area (Å²) in [5.74, 6) is -1.35. The molecule has 0 fully saturated rings. The highest BCUT2D eigenvalue weighted by Gasteiger charge is 2.14. The van der Waals surface area contributed by atoms with Crippen molar-refractivity contribution in [2.45, 2.75) is 31.1 Å². The summed E-state index contributed by atoms with van der Waals surface area (Å²) < 4.78 is 0. The standard InChI is InChI=1S/C19H22N2O2S/c1-3-4-6-14-9-11-15(12-10-14)20-18(22)19(23)21-16-7-5-8-17(13-16)24-2/h5,7-13H,3-4,6H2,1-2H3,(H,20,22)(H,21,23). The van der Waals surface area contributed by atoms with E-state index in [0.29, 0.717) is 11.4 Å². The minimum atomic E-state index is -0.677. The first kappa shape index (κ1) is 18.1. The Morgan fingerprint density at radius 1 is 0.958 bits per heavy atom. The molecule has 0 aromatic heterocycles. The molecule has 0 atom stereocenters. The average molecular weight is 342 g/mol. The van der Waals surface area contributed by atoms with Crippen LogP contribution >= 0.6 is 11.8 Å². The van der Waals surface area contributed by atoms with Crippen LogP contribution in [0.3, 0.4) is 0 Å². The summed E-state index contributed by atoms with van der Waals surface area (Å²) in [6, 6.07) is 15.0. The highest BCUT2D eigenvalue weighted by molar-refractivity contribution is 7.98. The normalized spacial score (nSPS) is 10.2. The fourth-order valence-electron chi connectivity index (χ4n) is 2.21. The lowest BCUT2D eigenvalue weighted by Gasteiger charge is -2.08. The fraction of sp³-hybridized carbons (Fsp3) is 0.263. The van der Waals surface area contributed by atoms with E-state index in [1.54, 1.807) is 17.8 Å². The lowest BCUT2D eigenvalue weighted by Crippen LogP contribution is -2.29. The van der Waals surface area contributed by atoms with E-state index in [-0.39, 0.29) is 0 Å². The van der Waals surface area contributed by atoms with Gasteiger partial charge in [0, 0.05) is 16.3 Å². The van der Waals surface area contributed by atoms with E-state index in [1.807, 2.05) is 48.7 Å². The molecule has 2 aromatic carbocycles. The van der Waals surface area contributed by atoms with Crippen LogP contribution in [0.2, 0.25) is 0 Å². The number of aryl methyl sites for hydroxylation is 1. The number of nitrogens with one attached hydrogen (secondary N) is 2. The SMILES string of the molecule is CCCCc1ccc(NC(=O)C(=O)Nc2cccc(SC)c2)cc1. The molecule has 24 heavy (non-hydrogen) atoms. The van der Waals surface area contributed by atoms with Gasteiger partial charge in [-0.1, -0.05) is 31.5 Å². The van der Waals surface area contributed by atoms with E-state index in [1.165, 1.54) is 5.56 Å². The lowest BCUT2D eigenvalue weighted by atomic mass is 10.1. The third kappa shape index (κ3) is 5.42. The Hall–Kier alpha value is -2.27. The Balaban J connectivity index is 1.92. The number of amides is 2. The van der Waals surface area contributed by atoms with E-state index in [4.69, 9.17) is 0 Å². The van der Waals surface area contributed by atoms with Crippen LogP contribution in [0.25, 0.3) is 0 Å². The Morgan fingerprint density at radius 2 is 1.62 bits per heavy atom. The van der Waals surface area contributed by atoms with Gasteiger partial charge in [-0.3, -0.25) is 9.59 Å². The van der Waals surface area contributed by atoms with Crippen LogP contribution < -0.4 is 10.6 Å². The van der Waals surface area contributed by atoms with Gasteiger partial charge in [-0.15, -0.1) is 11.8 Å². The highest BCUT2D eigenvalue weighted by Crippen LogP contribution is 2.19. The summed E-state index contributed by atoms with van der Waals surface area (Å²) in [7, 11) is 0. The Kier molecular flexibility index (Phi) is 6.88. The lowest BCUT2D eigenvalue weighted by molar-refractivity contribution is -0.133. The smallest absolute Gasteiger partial charge is 0.314 e. The van der Waals surface area contributed by atoms with Crippen LogP contribution in [0.4, 0.5) is 11.4 Å². The molecule has 2 rings (SSSR count). The quantitative estimate of drug-likeness (QED) is 0.607. The number of anilines is 2. The number of rotatable bonds is 6. The van der Waals surface area contributed by atoms with Gasteiger partial charge in [0.05, 0.1) is 0 Å². The van der Waals surface area contributed by atoms with Crippen molar-refractivity contribution in [3.63, 3.8) is 0 Å². The number of carbonyl (C=O) groups is 2. The molecule has 0 heterocycles. The topological polar surface area (TPSA) is 58.2 Å². The molecule has 2 N–H and O–H groups in total. The number of carbonyl (C=O) groups excluding carboxylic acids is 2. The van der Waals surface area contributed by atoms with Crippen LogP contribution in [0.15, 0.2) is 53.4 Å². The van der Waals surface area contributed by atoms with Crippen molar-refractivity contribution in [2.75, 3.05) is 16.9 Å². The van der Waals surface area contributed by atoms with E-state index < -0.39 is 11.8 Å². The summed E-state index contributed by atoms with van der Waals surface area (Å²) >= 11 is 1.58. The highest BCUT2D eigenvalue weighted by atomic mass is 32.2. The third-order valence-corrected chi connectivity index (χ3v) is 4.29. The number of thioether (sulfide) groups is 1. The number of hydrogen-bond donors (Lipinski definition) is 2. The van der Waals surface area contributed by atoms with Crippen LogP contribution in [0, 0.1) is 0 Å². The predicted octanol–water partition coefficient (Wildman–Crippen LogP) is 4.33. The summed E-state index contributed by atoms with van der Waals surface area (Å²) in [5.41, 5.74) is 2.46. The second-order valence-corrected chi connectivity index (χ2v) is 6.32. The molecule has 126 valence electrons. The van der Waals surface area contributed by atoms with Gasteiger partial charge in [-0.05, 0) is 55.0 Å². The predicted molar refractivity (Wildman–Crippen MR) is 101 cm³/mol. The molecule has 2 aromatic rings. The Labute approximate surface area is 147 Å². The maximum absolute atomic E-state index is 12.0. The van der Waals surface area contributed by atoms with Crippen molar-refractivity contribution in [3.05, 3.63) is 54.1 Å². The first-order valence-corrected chi connectivity index (χ1v) is 9.20.